The van der Waals surface area contributed by atoms with E-state index in [0.717, 1.165) is 21.3 Å². The summed E-state index contributed by atoms with van der Waals surface area (Å²) in [6.07, 6.45) is -4.32. The van der Waals surface area contributed by atoms with Crippen molar-refractivity contribution >= 4 is 38.6 Å². The van der Waals surface area contributed by atoms with Crippen molar-refractivity contribution < 1.29 is 13.2 Å². The molecule has 0 amide bonds. The van der Waals surface area contributed by atoms with E-state index in [1.54, 1.807) is 0 Å². The van der Waals surface area contributed by atoms with Gasteiger partial charge in [-0.05, 0) is 24.6 Å². The summed E-state index contributed by atoms with van der Waals surface area (Å²) in [5.41, 5.74) is 1.61. The Bertz CT molecular complexity index is 595. The third-order valence-electron chi connectivity index (χ3n) is 2.95. The van der Waals surface area contributed by atoms with Gasteiger partial charge in [0.25, 0.3) is 0 Å². The molecule has 0 aliphatic heterocycles. The SMILES string of the molecule is FC(F)(F)CCCn1c(CCCl)nc2cc(Br)ccc21. The van der Waals surface area contributed by atoms with Gasteiger partial charge < -0.3 is 4.57 Å². The summed E-state index contributed by atoms with van der Waals surface area (Å²) < 4.78 is 39.5. The van der Waals surface area contributed by atoms with Gasteiger partial charge in [0.1, 0.15) is 5.82 Å². The van der Waals surface area contributed by atoms with Crippen LogP contribution < -0.4 is 0 Å². The number of hydrogen-bond acceptors (Lipinski definition) is 1. The normalized spacial score (nSPS) is 12.2. The van der Waals surface area contributed by atoms with Crippen LogP contribution in [0.4, 0.5) is 13.2 Å². The van der Waals surface area contributed by atoms with Crippen molar-refractivity contribution in [3.63, 3.8) is 0 Å². The zero-order valence-electron chi connectivity index (χ0n) is 10.6. The Morgan fingerprint density at radius 2 is 2.05 bits per heavy atom. The molecule has 0 radical (unpaired) electrons. The van der Waals surface area contributed by atoms with Crippen molar-refractivity contribution in [1.82, 2.24) is 9.55 Å². The molecule has 0 atom stereocenters. The van der Waals surface area contributed by atoms with Gasteiger partial charge in [-0.3, -0.25) is 0 Å². The first-order valence-corrected chi connectivity index (χ1v) is 7.51. The molecule has 2 nitrogen and oxygen atoms in total. The molecule has 20 heavy (non-hydrogen) atoms. The van der Waals surface area contributed by atoms with Crippen LogP contribution in [0.25, 0.3) is 11.0 Å². The monoisotopic (exact) mass is 368 g/mol. The van der Waals surface area contributed by atoms with E-state index in [1.165, 1.54) is 0 Å². The molecule has 0 bridgehead atoms. The summed E-state index contributed by atoms with van der Waals surface area (Å²) >= 11 is 9.09. The van der Waals surface area contributed by atoms with Crippen LogP contribution in [0.15, 0.2) is 22.7 Å². The van der Waals surface area contributed by atoms with Crippen LogP contribution in [-0.4, -0.2) is 21.6 Å². The number of nitrogens with zero attached hydrogens (tertiary/aromatic N) is 2. The molecule has 0 N–H and O–H groups in total. The third kappa shape index (κ3) is 3.88. The van der Waals surface area contributed by atoms with Crippen LogP contribution in [0, 0.1) is 0 Å². The first-order chi connectivity index (χ1) is 9.40. The van der Waals surface area contributed by atoms with Crippen LogP contribution >= 0.6 is 27.5 Å². The van der Waals surface area contributed by atoms with Gasteiger partial charge in [-0.25, -0.2) is 4.98 Å². The molecule has 1 heterocycles. The Balaban J connectivity index is 2.26. The summed E-state index contributed by atoms with van der Waals surface area (Å²) in [5, 5.41) is 0. The number of alkyl halides is 4. The van der Waals surface area contributed by atoms with Crippen molar-refractivity contribution in [2.45, 2.75) is 32.0 Å². The highest BCUT2D eigenvalue weighted by Crippen LogP contribution is 2.25. The number of aryl methyl sites for hydroxylation is 2. The highest BCUT2D eigenvalue weighted by atomic mass is 79.9. The van der Waals surface area contributed by atoms with Crippen molar-refractivity contribution in [2.24, 2.45) is 0 Å². The van der Waals surface area contributed by atoms with E-state index in [2.05, 4.69) is 20.9 Å². The molecule has 0 saturated carbocycles. The number of rotatable bonds is 5. The van der Waals surface area contributed by atoms with Gasteiger partial charge >= 0.3 is 6.18 Å². The molecule has 110 valence electrons. The predicted molar refractivity (Wildman–Crippen MR) is 77.1 cm³/mol. The molecular weight excluding hydrogens is 357 g/mol. The molecule has 0 fully saturated rings. The summed E-state index contributed by atoms with van der Waals surface area (Å²) in [7, 11) is 0. The van der Waals surface area contributed by atoms with Crippen LogP contribution in [0.2, 0.25) is 0 Å². The maximum absolute atomic E-state index is 12.2. The predicted octanol–water partition coefficient (Wildman–Crippen LogP) is 4.92. The van der Waals surface area contributed by atoms with E-state index < -0.39 is 12.6 Å². The lowest BCUT2D eigenvalue weighted by molar-refractivity contribution is -0.135. The maximum Gasteiger partial charge on any atom is 0.389 e. The Morgan fingerprint density at radius 3 is 2.70 bits per heavy atom. The third-order valence-corrected chi connectivity index (χ3v) is 3.63. The quantitative estimate of drug-likeness (QED) is 0.684. The molecule has 2 aromatic rings. The fraction of sp³-hybridized carbons (Fsp3) is 0.462. The first-order valence-electron chi connectivity index (χ1n) is 6.18. The average molecular weight is 370 g/mol. The number of halogens is 5. The summed E-state index contributed by atoms with van der Waals surface area (Å²) in [4.78, 5) is 4.45. The van der Waals surface area contributed by atoms with Crippen molar-refractivity contribution in [1.29, 1.82) is 0 Å². The van der Waals surface area contributed by atoms with E-state index in [1.807, 2.05) is 22.8 Å². The van der Waals surface area contributed by atoms with Gasteiger partial charge in [-0.2, -0.15) is 13.2 Å². The molecule has 0 spiro atoms. The highest BCUT2D eigenvalue weighted by Gasteiger charge is 2.26. The lowest BCUT2D eigenvalue weighted by atomic mass is 10.2. The molecule has 1 aromatic heterocycles. The van der Waals surface area contributed by atoms with Crippen LogP contribution in [-0.2, 0) is 13.0 Å². The molecule has 0 aliphatic rings. The van der Waals surface area contributed by atoms with E-state index in [-0.39, 0.29) is 6.42 Å². The van der Waals surface area contributed by atoms with Crippen molar-refractivity contribution in [3.8, 4) is 0 Å². The Kier molecular flexibility index (Phi) is 4.96. The zero-order valence-corrected chi connectivity index (χ0v) is 12.9. The number of aromatic nitrogens is 2. The number of imidazole rings is 1. The summed E-state index contributed by atoms with van der Waals surface area (Å²) in [5.74, 6) is 1.12. The van der Waals surface area contributed by atoms with Crippen molar-refractivity contribution in [2.75, 3.05) is 5.88 Å². The lowest BCUT2D eigenvalue weighted by Gasteiger charge is -2.10. The smallest absolute Gasteiger partial charge is 0.328 e. The minimum atomic E-state index is -4.12. The second-order valence-corrected chi connectivity index (χ2v) is 5.76. The van der Waals surface area contributed by atoms with Gasteiger partial charge in [0.15, 0.2) is 0 Å². The molecule has 2 rings (SSSR count). The van der Waals surface area contributed by atoms with E-state index in [9.17, 15) is 13.2 Å². The molecule has 0 saturated heterocycles. The summed E-state index contributed by atoms with van der Waals surface area (Å²) in [6, 6.07) is 5.57. The second-order valence-electron chi connectivity index (χ2n) is 4.47. The van der Waals surface area contributed by atoms with Crippen LogP contribution in [0.3, 0.4) is 0 Å². The first kappa shape index (κ1) is 15.6. The molecule has 0 unspecified atom stereocenters. The summed E-state index contributed by atoms with van der Waals surface area (Å²) in [6.45, 7) is 0.296. The average Bonchev–Trinajstić information content (AvgIpc) is 2.65. The lowest BCUT2D eigenvalue weighted by Crippen LogP contribution is -2.11. The standard InChI is InChI=1S/C13H13BrClF3N2/c14-9-2-3-11-10(8-9)19-12(4-6-15)20(11)7-1-5-13(16,17)18/h2-3,8H,1,4-7H2. The number of hydrogen-bond donors (Lipinski definition) is 0. The van der Waals surface area contributed by atoms with Gasteiger partial charge in [0, 0.05) is 29.7 Å². The molecule has 0 aliphatic carbocycles. The molecule has 1 aromatic carbocycles. The minimum Gasteiger partial charge on any atom is -0.328 e. The fourth-order valence-corrected chi connectivity index (χ4v) is 2.63. The molecule has 7 heteroatoms. The zero-order chi connectivity index (χ0) is 14.8. The van der Waals surface area contributed by atoms with Gasteiger partial charge in [-0.1, -0.05) is 15.9 Å². The maximum atomic E-state index is 12.2. The highest BCUT2D eigenvalue weighted by molar-refractivity contribution is 9.10. The van der Waals surface area contributed by atoms with Gasteiger partial charge in [0.05, 0.1) is 11.0 Å². The Morgan fingerprint density at radius 1 is 1.30 bits per heavy atom. The van der Waals surface area contributed by atoms with E-state index in [4.69, 9.17) is 11.6 Å². The largest absolute Gasteiger partial charge is 0.389 e. The van der Waals surface area contributed by atoms with Crippen LogP contribution in [0.5, 0.6) is 0 Å². The Labute approximate surface area is 128 Å². The minimum absolute atomic E-state index is 0.0420. The van der Waals surface area contributed by atoms with Gasteiger partial charge in [-0.15, -0.1) is 11.6 Å². The van der Waals surface area contributed by atoms with Gasteiger partial charge in [0.2, 0.25) is 0 Å². The van der Waals surface area contributed by atoms with E-state index >= 15 is 0 Å². The topological polar surface area (TPSA) is 17.8 Å². The fourth-order valence-electron chi connectivity index (χ4n) is 2.12. The van der Waals surface area contributed by atoms with Crippen LogP contribution in [0.1, 0.15) is 18.7 Å². The second kappa shape index (κ2) is 6.35. The van der Waals surface area contributed by atoms with E-state index in [0.29, 0.717) is 18.8 Å². The molecular formula is C13H13BrClF3N2. The van der Waals surface area contributed by atoms with Crippen molar-refractivity contribution in [3.05, 3.63) is 28.5 Å². The Hall–Kier alpha value is -0.750. The number of fused-ring (bicyclic) bond motifs is 1. The number of benzene rings is 1.